The normalized spacial score (nSPS) is 17.9. The Morgan fingerprint density at radius 3 is 2.57 bits per heavy atom. The number of amides is 4. The number of rotatable bonds is 10. The molecule has 0 bridgehead atoms. The molecule has 0 radical (unpaired) electrons. The molecular formula is C21H26F2N4O7S. The first-order valence-electron chi connectivity index (χ1n) is 10.5. The van der Waals surface area contributed by atoms with Crippen molar-refractivity contribution in [3.63, 3.8) is 0 Å². The van der Waals surface area contributed by atoms with Crippen LogP contribution in [0.5, 0.6) is 0 Å². The number of esters is 1. The summed E-state index contributed by atoms with van der Waals surface area (Å²) in [5, 5.41) is 16.1. The first-order chi connectivity index (χ1) is 16.5. The Morgan fingerprint density at radius 1 is 1.26 bits per heavy atom. The molecule has 1 aromatic carbocycles. The monoisotopic (exact) mass is 516 g/mol. The first-order valence-corrected chi connectivity index (χ1v) is 11.9. The van der Waals surface area contributed by atoms with E-state index in [-0.39, 0.29) is 36.7 Å². The molecule has 4 amide bonds. The van der Waals surface area contributed by atoms with E-state index < -0.39 is 60.1 Å². The highest BCUT2D eigenvalue weighted by Crippen LogP contribution is 2.21. The van der Waals surface area contributed by atoms with Crippen molar-refractivity contribution in [2.24, 2.45) is 0 Å². The molecule has 0 spiro atoms. The maximum Gasteiger partial charge on any atom is 0.328 e. The van der Waals surface area contributed by atoms with Crippen LogP contribution in [0.2, 0.25) is 0 Å². The van der Waals surface area contributed by atoms with Gasteiger partial charge >= 0.3 is 18.0 Å². The maximum atomic E-state index is 13.8. The van der Waals surface area contributed by atoms with Gasteiger partial charge in [-0.05, 0) is 31.2 Å². The highest BCUT2D eigenvalue weighted by atomic mass is 32.2. The third-order valence-corrected chi connectivity index (χ3v) is 5.69. The van der Waals surface area contributed by atoms with Crippen LogP contribution in [0.25, 0.3) is 0 Å². The maximum absolute atomic E-state index is 13.8. The summed E-state index contributed by atoms with van der Waals surface area (Å²) >= 11 is 1.23. The summed E-state index contributed by atoms with van der Waals surface area (Å²) in [6.45, 7) is -0.0329. The molecule has 1 fully saturated rings. The Bertz CT molecular complexity index is 981. The van der Waals surface area contributed by atoms with E-state index >= 15 is 0 Å². The second-order valence-electron chi connectivity index (χ2n) is 7.67. The number of carboxylic acids is 1. The number of urea groups is 1. The minimum absolute atomic E-state index is 0.0158. The molecule has 35 heavy (non-hydrogen) atoms. The minimum Gasteiger partial charge on any atom is -0.481 e. The van der Waals surface area contributed by atoms with Gasteiger partial charge in [0.15, 0.2) is 0 Å². The molecule has 3 atom stereocenters. The zero-order valence-electron chi connectivity index (χ0n) is 19.0. The number of carboxylic acid groups (broad SMARTS) is 1. The Morgan fingerprint density at radius 2 is 1.97 bits per heavy atom. The summed E-state index contributed by atoms with van der Waals surface area (Å²) in [5.74, 6) is -4.83. The predicted octanol–water partition coefficient (Wildman–Crippen LogP) is 0.941. The lowest BCUT2D eigenvalue weighted by atomic mass is 10.1. The van der Waals surface area contributed by atoms with E-state index in [4.69, 9.17) is 5.11 Å². The van der Waals surface area contributed by atoms with Crippen molar-refractivity contribution in [2.45, 2.75) is 37.4 Å². The van der Waals surface area contributed by atoms with Gasteiger partial charge in [0.05, 0.1) is 24.6 Å². The Balaban J connectivity index is 2.10. The van der Waals surface area contributed by atoms with Crippen LogP contribution >= 0.6 is 11.8 Å². The lowest BCUT2D eigenvalue weighted by Gasteiger charge is -2.25. The molecule has 1 saturated heterocycles. The summed E-state index contributed by atoms with van der Waals surface area (Å²) in [6.07, 6.45) is 1.07. The van der Waals surface area contributed by atoms with Crippen LogP contribution < -0.4 is 16.0 Å². The van der Waals surface area contributed by atoms with Crippen LogP contribution in [0.3, 0.4) is 0 Å². The van der Waals surface area contributed by atoms with Crippen molar-refractivity contribution in [1.82, 2.24) is 15.5 Å². The number of ether oxygens (including phenoxy) is 1. The fraction of sp³-hybridized carbons (Fsp3) is 0.476. The summed E-state index contributed by atoms with van der Waals surface area (Å²) in [6, 6.07) is -1.19. The van der Waals surface area contributed by atoms with Gasteiger partial charge in [0, 0.05) is 19.0 Å². The molecule has 1 aliphatic rings. The highest BCUT2D eigenvalue weighted by Gasteiger charge is 2.41. The van der Waals surface area contributed by atoms with Crippen molar-refractivity contribution in [3.8, 4) is 0 Å². The Labute approximate surface area is 203 Å². The van der Waals surface area contributed by atoms with Crippen molar-refractivity contribution >= 4 is 47.2 Å². The van der Waals surface area contributed by atoms with Crippen LogP contribution in [-0.2, 0) is 23.9 Å². The molecule has 1 heterocycles. The Hall–Kier alpha value is -3.42. The van der Waals surface area contributed by atoms with E-state index in [1.165, 1.54) is 16.7 Å². The number of hydrogen-bond donors (Lipinski definition) is 4. The Kier molecular flexibility index (Phi) is 10.2. The van der Waals surface area contributed by atoms with Gasteiger partial charge in [-0.25, -0.2) is 18.4 Å². The number of hydrogen-bond acceptors (Lipinski definition) is 7. The number of carbonyl (C=O) groups is 5. The number of methoxy groups -OCH3 is 1. The molecule has 4 N–H and O–H groups in total. The van der Waals surface area contributed by atoms with Crippen LogP contribution in [0, 0.1) is 11.6 Å². The van der Waals surface area contributed by atoms with Crippen molar-refractivity contribution in [3.05, 3.63) is 29.8 Å². The standard InChI is InChI=1S/C21H26F2N4O7S/c1-34-20(32)15(5-6-18(29)30)25-19(31)16-8-12(9-27(16)17(28)10-35-2)24-21(33)26-14-4-3-11(22)7-13(14)23/h3-4,7,12,15-16H,5-6,8-10H2,1-2H3,(H,25,31)(H,29,30)(H2,24,26,33)/t12-,15-,16-/m0/s1. The van der Waals surface area contributed by atoms with Gasteiger partial charge in [-0.2, -0.15) is 11.8 Å². The summed E-state index contributed by atoms with van der Waals surface area (Å²) < 4.78 is 31.5. The van der Waals surface area contributed by atoms with Gasteiger partial charge in [0.25, 0.3) is 0 Å². The second-order valence-corrected chi connectivity index (χ2v) is 8.53. The predicted molar refractivity (Wildman–Crippen MR) is 122 cm³/mol. The molecule has 11 nitrogen and oxygen atoms in total. The zero-order chi connectivity index (χ0) is 26.1. The summed E-state index contributed by atoms with van der Waals surface area (Å²) in [7, 11) is 1.09. The molecule has 0 unspecified atom stereocenters. The number of thioether (sulfide) groups is 1. The topological polar surface area (TPSA) is 154 Å². The average Bonchev–Trinajstić information content (AvgIpc) is 3.21. The average molecular weight is 517 g/mol. The summed E-state index contributed by atoms with van der Waals surface area (Å²) in [4.78, 5) is 62.0. The third-order valence-electron chi connectivity index (χ3n) is 5.16. The number of anilines is 1. The number of likely N-dealkylation sites (tertiary alicyclic amines) is 1. The lowest BCUT2D eigenvalue weighted by Crippen LogP contribution is -2.51. The van der Waals surface area contributed by atoms with Gasteiger partial charge in [0.1, 0.15) is 23.7 Å². The second kappa shape index (κ2) is 12.9. The van der Waals surface area contributed by atoms with Gasteiger partial charge in [-0.1, -0.05) is 0 Å². The van der Waals surface area contributed by atoms with Gasteiger partial charge in [-0.15, -0.1) is 0 Å². The molecule has 14 heteroatoms. The van der Waals surface area contributed by atoms with E-state index in [2.05, 4.69) is 20.7 Å². The van der Waals surface area contributed by atoms with Crippen LogP contribution in [0.15, 0.2) is 18.2 Å². The van der Waals surface area contributed by atoms with Crippen LogP contribution in [0.1, 0.15) is 19.3 Å². The molecular weight excluding hydrogens is 490 g/mol. The molecule has 0 saturated carbocycles. The van der Waals surface area contributed by atoms with Gasteiger partial charge < -0.3 is 30.7 Å². The fourth-order valence-corrected chi connectivity index (χ4v) is 3.95. The van der Waals surface area contributed by atoms with E-state index in [9.17, 15) is 32.8 Å². The SMILES string of the molecule is COC(=O)[C@H](CCC(=O)O)NC(=O)[C@@H]1C[C@H](NC(=O)Nc2ccc(F)cc2F)CN1C(=O)CSC. The van der Waals surface area contributed by atoms with Gasteiger partial charge in [0.2, 0.25) is 11.8 Å². The smallest absolute Gasteiger partial charge is 0.328 e. The highest BCUT2D eigenvalue weighted by molar-refractivity contribution is 7.99. The molecule has 1 aliphatic heterocycles. The number of nitrogens with zero attached hydrogens (tertiary/aromatic N) is 1. The summed E-state index contributed by atoms with van der Waals surface area (Å²) in [5.41, 5.74) is -0.258. The van der Waals surface area contributed by atoms with E-state index in [1.54, 1.807) is 6.26 Å². The van der Waals surface area contributed by atoms with E-state index in [0.717, 1.165) is 19.2 Å². The molecule has 2 rings (SSSR count). The van der Waals surface area contributed by atoms with E-state index in [0.29, 0.717) is 6.07 Å². The third kappa shape index (κ3) is 8.09. The van der Waals surface area contributed by atoms with Crippen molar-refractivity contribution in [2.75, 3.05) is 31.0 Å². The number of aliphatic carboxylic acids is 1. The largest absolute Gasteiger partial charge is 0.481 e. The lowest BCUT2D eigenvalue weighted by molar-refractivity contribution is -0.147. The first kappa shape index (κ1) is 27.8. The number of carbonyl (C=O) groups excluding carboxylic acids is 4. The van der Waals surface area contributed by atoms with Crippen LogP contribution in [0.4, 0.5) is 19.3 Å². The molecule has 1 aromatic rings. The molecule has 0 aliphatic carbocycles. The molecule has 192 valence electrons. The zero-order valence-corrected chi connectivity index (χ0v) is 19.8. The van der Waals surface area contributed by atoms with Crippen molar-refractivity contribution in [1.29, 1.82) is 0 Å². The fourth-order valence-electron chi connectivity index (χ4n) is 3.53. The number of benzene rings is 1. The van der Waals surface area contributed by atoms with Crippen LogP contribution in [-0.4, -0.2) is 83.6 Å². The molecule has 0 aromatic heterocycles. The van der Waals surface area contributed by atoms with Crippen molar-refractivity contribution < 1.29 is 42.6 Å². The van der Waals surface area contributed by atoms with E-state index in [1.807, 2.05) is 0 Å². The quantitative estimate of drug-likeness (QED) is 0.335. The van der Waals surface area contributed by atoms with Gasteiger partial charge in [-0.3, -0.25) is 14.4 Å². The minimum atomic E-state index is -1.24. The number of halogens is 2. The number of nitrogens with one attached hydrogen (secondary N) is 3.